The van der Waals surface area contributed by atoms with Crippen molar-refractivity contribution in [2.24, 2.45) is 11.8 Å². The minimum absolute atomic E-state index is 0.00949. The van der Waals surface area contributed by atoms with Crippen molar-refractivity contribution in [1.82, 2.24) is 9.21 Å². The third kappa shape index (κ3) is 6.95. The van der Waals surface area contributed by atoms with Gasteiger partial charge in [-0.15, -0.1) is 0 Å². The smallest absolute Gasteiger partial charge is 0.311 e. The molecule has 3 atom stereocenters. The molecule has 0 amide bonds. The van der Waals surface area contributed by atoms with Crippen LogP contribution in [0.4, 0.5) is 4.39 Å². The average Bonchev–Trinajstić information content (AvgIpc) is 3.54. The van der Waals surface area contributed by atoms with E-state index in [4.69, 9.17) is 18.9 Å². The second-order valence-electron chi connectivity index (χ2n) is 10.9. The first-order valence-electron chi connectivity index (χ1n) is 14.2. The van der Waals surface area contributed by atoms with Crippen LogP contribution in [0.5, 0.6) is 17.2 Å². The van der Waals surface area contributed by atoms with E-state index in [1.54, 1.807) is 19.1 Å². The average molecular weight is 593 g/mol. The Labute approximate surface area is 242 Å². The van der Waals surface area contributed by atoms with Gasteiger partial charge in [0, 0.05) is 38.1 Å². The highest BCUT2D eigenvalue weighted by atomic mass is 32.2. The number of carbonyl (C=O) groups excluding carboxylic acids is 1. The van der Waals surface area contributed by atoms with E-state index in [0.717, 1.165) is 5.56 Å². The summed E-state index contributed by atoms with van der Waals surface area (Å²) < 4.78 is 64.7. The van der Waals surface area contributed by atoms with E-state index in [2.05, 4.69) is 4.90 Å². The number of ether oxygens (including phenoxy) is 4. The standard InChI is InChI=1S/C30H41FN2O7S/c1-6-12-33(41(35,36)18-20(3)4)14-13-32-17-23(21-8-11-26-27(16-21)40-19-39-26)28(30(34)38-7-2)29(32)22-9-10-25(37-5)24(31)15-22/h8-11,15-16,20,23,28-29H,6-7,12-14,17-19H2,1-5H3/t23-,28-,29+/m1/s1. The molecule has 9 nitrogen and oxygen atoms in total. The van der Waals surface area contributed by atoms with Crippen LogP contribution < -0.4 is 14.2 Å². The molecule has 226 valence electrons. The minimum Gasteiger partial charge on any atom is -0.494 e. The molecule has 1 saturated heterocycles. The molecule has 0 bridgehead atoms. The van der Waals surface area contributed by atoms with Gasteiger partial charge in [-0.1, -0.05) is 32.9 Å². The minimum atomic E-state index is -3.48. The van der Waals surface area contributed by atoms with Gasteiger partial charge >= 0.3 is 5.97 Å². The lowest BCUT2D eigenvalue weighted by Crippen LogP contribution is -2.41. The van der Waals surface area contributed by atoms with Crippen LogP contribution in [-0.2, 0) is 19.6 Å². The van der Waals surface area contributed by atoms with Crippen molar-refractivity contribution in [2.45, 2.75) is 46.1 Å². The fourth-order valence-electron chi connectivity index (χ4n) is 5.84. The van der Waals surface area contributed by atoms with Crippen LogP contribution in [0.2, 0.25) is 0 Å². The number of hydrogen-bond donors (Lipinski definition) is 0. The van der Waals surface area contributed by atoms with Crippen molar-refractivity contribution >= 4 is 16.0 Å². The first-order chi connectivity index (χ1) is 19.6. The Morgan fingerprint density at radius 3 is 2.49 bits per heavy atom. The van der Waals surface area contributed by atoms with Crippen LogP contribution in [0.1, 0.15) is 57.2 Å². The second-order valence-corrected chi connectivity index (χ2v) is 12.9. The molecule has 2 aliphatic rings. The number of carbonyl (C=O) groups is 1. The molecule has 2 aromatic carbocycles. The van der Waals surface area contributed by atoms with E-state index in [0.29, 0.717) is 43.1 Å². The molecule has 0 aromatic heterocycles. The van der Waals surface area contributed by atoms with Gasteiger partial charge in [-0.25, -0.2) is 17.1 Å². The zero-order valence-electron chi connectivity index (χ0n) is 24.5. The fourth-order valence-corrected chi connectivity index (χ4v) is 7.71. The number of esters is 1. The third-order valence-electron chi connectivity index (χ3n) is 7.55. The molecule has 11 heteroatoms. The van der Waals surface area contributed by atoms with E-state index in [1.807, 2.05) is 39.0 Å². The Morgan fingerprint density at radius 2 is 1.83 bits per heavy atom. The number of likely N-dealkylation sites (tertiary alicyclic amines) is 1. The van der Waals surface area contributed by atoms with Crippen molar-refractivity contribution < 1.29 is 36.6 Å². The highest BCUT2D eigenvalue weighted by molar-refractivity contribution is 7.89. The number of benzene rings is 2. The maximum absolute atomic E-state index is 15.0. The molecule has 4 rings (SSSR count). The topological polar surface area (TPSA) is 94.6 Å². The molecule has 0 unspecified atom stereocenters. The van der Waals surface area contributed by atoms with E-state index in [9.17, 15) is 17.6 Å². The summed E-state index contributed by atoms with van der Waals surface area (Å²) in [5.41, 5.74) is 1.46. The zero-order valence-corrected chi connectivity index (χ0v) is 25.3. The van der Waals surface area contributed by atoms with Gasteiger partial charge in [-0.3, -0.25) is 9.69 Å². The summed E-state index contributed by atoms with van der Waals surface area (Å²) in [5, 5.41) is 0. The molecule has 0 saturated carbocycles. The lowest BCUT2D eigenvalue weighted by atomic mass is 9.82. The number of hydrogen-bond acceptors (Lipinski definition) is 8. The lowest BCUT2D eigenvalue weighted by molar-refractivity contribution is -0.149. The largest absolute Gasteiger partial charge is 0.494 e. The van der Waals surface area contributed by atoms with Gasteiger partial charge in [0.15, 0.2) is 23.1 Å². The predicted molar refractivity (Wildman–Crippen MR) is 153 cm³/mol. The molecule has 2 heterocycles. The van der Waals surface area contributed by atoms with Crippen molar-refractivity contribution in [3.05, 3.63) is 53.3 Å². The van der Waals surface area contributed by atoms with Gasteiger partial charge in [0.25, 0.3) is 0 Å². The van der Waals surface area contributed by atoms with Gasteiger partial charge < -0.3 is 18.9 Å². The monoisotopic (exact) mass is 592 g/mol. The van der Waals surface area contributed by atoms with Gasteiger partial charge in [-0.2, -0.15) is 0 Å². The first-order valence-corrected chi connectivity index (χ1v) is 15.8. The lowest BCUT2D eigenvalue weighted by Gasteiger charge is -2.30. The van der Waals surface area contributed by atoms with Crippen LogP contribution in [0.15, 0.2) is 36.4 Å². The normalized spacial score (nSPS) is 20.6. The Hall–Kier alpha value is -2.89. The molecule has 2 aliphatic heterocycles. The number of methoxy groups -OCH3 is 1. The number of rotatable bonds is 13. The summed E-state index contributed by atoms with van der Waals surface area (Å²) in [6.45, 7) is 9.24. The van der Waals surface area contributed by atoms with Crippen LogP contribution in [0.3, 0.4) is 0 Å². The van der Waals surface area contributed by atoms with E-state index >= 15 is 0 Å². The Morgan fingerprint density at radius 1 is 1.10 bits per heavy atom. The summed E-state index contributed by atoms with van der Waals surface area (Å²) in [6, 6.07) is 9.76. The zero-order chi connectivity index (χ0) is 29.7. The van der Waals surface area contributed by atoms with Gasteiger partial charge in [0.1, 0.15) is 0 Å². The van der Waals surface area contributed by atoms with E-state index < -0.39 is 33.8 Å². The maximum atomic E-state index is 15.0. The maximum Gasteiger partial charge on any atom is 0.311 e. The Balaban J connectivity index is 1.74. The van der Waals surface area contributed by atoms with Crippen LogP contribution >= 0.6 is 0 Å². The molecular formula is C30H41FN2O7S. The third-order valence-corrected chi connectivity index (χ3v) is 9.79. The SMILES string of the molecule is CCCN(CCN1C[C@H](c2ccc3c(c2)OCO3)[C@@H](C(=O)OCC)[C@@H]1c1ccc(OC)c(F)c1)S(=O)(=O)CC(C)C. The highest BCUT2D eigenvalue weighted by Gasteiger charge is 2.48. The predicted octanol–water partition coefficient (Wildman–Crippen LogP) is 4.58. The van der Waals surface area contributed by atoms with Crippen molar-refractivity contribution in [2.75, 3.05) is 52.4 Å². The van der Waals surface area contributed by atoms with Gasteiger partial charge in [-0.05, 0) is 54.7 Å². The number of nitrogens with zero attached hydrogens (tertiary/aromatic N) is 2. The molecule has 0 aliphatic carbocycles. The molecule has 2 aromatic rings. The molecule has 1 fully saturated rings. The summed E-state index contributed by atoms with van der Waals surface area (Å²) in [6.07, 6.45) is 0.676. The number of halogens is 1. The Bertz CT molecular complexity index is 1320. The summed E-state index contributed by atoms with van der Waals surface area (Å²) in [7, 11) is -2.08. The summed E-state index contributed by atoms with van der Waals surface area (Å²) in [5.74, 6) is -0.522. The van der Waals surface area contributed by atoms with Crippen LogP contribution in [0.25, 0.3) is 0 Å². The quantitative estimate of drug-likeness (QED) is 0.312. The van der Waals surface area contributed by atoms with Crippen molar-refractivity contribution in [1.29, 1.82) is 0 Å². The van der Waals surface area contributed by atoms with Crippen LogP contribution in [-0.4, -0.2) is 76.0 Å². The van der Waals surface area contributed by atoms with Crippen molar-refractivity contribution in [3.8, 4) is 17.2 Å². The van der Waals surface area contributed by atoms with E-state index in [-0.39, 0.29) is 43.3 Å². The van der Waals surface area contributed by atoms with Gasteiger partial charge in [0.05, 0.1) is 25.4 Å². The summed E-state index contributed by atoms with van der Waals surface area (Å²) in [4.78, 5) is 15.7. The molecule has 0 N–H and O–H groups in total. The summed E-state index contributed by atoms with van der Waals surface area (Å²) >= 11 is 0. The van der Waals surface area contributed by atoms with E-state index in [1.165, 1.54) is 17.5 Å². The highest BCUT2D eigenvalue weighted by Crippen LogP contribution is 2.48. The molecular weight excluding hydrogens is 551 g/mol. The number of sulfonamides is 1. The molecule has 0 radical (unpaired) electrons. The second kappa shape index (κ2) is 13.4. The van der Waals surface area contributed by atoms with Crippen LogP contribution in [0, 0.1) is 17.7 Å². The van der Waals surface area contributed by atoms with Gasteiger partial charge in [0.2, 0.25) is 16.8 Å². The fraction of sp³-hybridized carbons (Fsp3) is 0.567. The van der Waals surface area contributed by atoms with Crippen molar-refractivity contribution in [3.63, 3.8) is 0 Å². The number of fused-ring (bicyclic) bond motifs is 1. The first kappa shape index (κ1) is 31.1. The Kier molecular flexibility index (Phi) is 10.1. The molecule has 41 heavy (non-hydrogen) atoms. The molecule has 0 spiro atoms.